The lowest BCUT2D eigenvalue weighted by molar-refractivity contribution is 0.862. The van der Waals surface area contributed by atoms with Crippen molar-refractivity contribution in [2.24, 2.45) is 0 Å². The Kier molecular flexibility index (Phi) is 3.30. The molecule has 0 nitrogen and oxygen atoms in total. The molecule has 1 rings (SSSR count). The van der Waals surface area contributed by atoms with Crippen LogP contribution in [-0.2, 0) is 0 Å². The summed E-state index contributed by atoms with van der Waals surface area (Å²) in [6.07, 6.45) is 4.27. The highest BCUT2D eigenvalue weighted by Crippen LogP contribution is 2.21. The van der Waals surface area contributed by atoms with Crippen molar-refractivity contribution in [3.05, 3.63) is 41.0 Å². The summed E-state index contributed by atoms with van der Waals surface area (Å²) in [4.78, 5) is 0. The fourth-order valence-electron chi connectivity index (χ4n) is 1.53. The van der Waals surface area contributed by atoms with Gasteiger partial charge in [0.15, 0.2) is 0 Å². The first-order valence-electron chi connectivity index (χ1n) is 4.88. The maximum absolute atomic E-state index is 2.28. The minimum Gasteiger partial charge on any atom is -0.0871 e. The van der Waals surface area contributed by atoms with Crippen LogP contribution >= 0.6 is 0 Å². The number of aryl methyl sites for hydroxylation is 1. The zero-order chi connectivity index (χ0) is 9.84. The molecule has 0 radical (unpaired) electrons. The molecule has 0 fully saturated rings. The lowest BCUT2D eigenvalue weighted by Gasteiger charge is -2.10. The molecule has 0 spiro atoms. The van der Waals surface area contributed by atoms with E-state index in [1.807, 2.05) is 0 Å². The second kappa shape index (κ2) is 4.27. The first-order chi connectivity index (χ1) is 6.15. The molecule has 0 heterocycles. The Labute approximate surface area is 81.3 Å². The van der Waals surface area contributed by atoms with Crippen LogP contribution in [-0.4, -0.2) is 0 Å². The molecule has 1 aromatic rings. The molecular formula is C13H18. The minimum absolute atomic E-state index is 0.603. The fraction of sp³-hybridized carbons (Fsp3) is 0.385. The lowest BCUT2D eigenvalue weighted by atomic mass is 9.95. The van der Waals surface area contributed by atoms with E-state index < -0.39 is 0 Å². The van der Waals surface area contributed by atoms with Crippen LogP contribution in [0.25, 0.3) is 6.08 Å². The molecule has 70 valence electrons. The quantitative estimate of drug-likeness (QED) is 0.631. The molecule has 13 heavy (non-hydrogen) atoms. The third-order valence-electron chi connectivity index (χ3n) is 2.21. The molecule has 0 saturated carbocycles. The van der Waals surface area contributed by atoms with Gasteiger partial charge in [0.2, 0.25) is 0 Å². The van der Waals surface area contributed by atoms with Gasteiger partial charge in [-0.2, -0.15) is 0 Å². The molecule has 1 aromatic carbocycles. The number of rotatable bonds is 2. The third kappa shape index (κ3) is 2.45. The first kappa shape index (κ1) is 10.0. The largest absolute Gasteiger partial charge is 0.0871 e. The summed E-state index contributed by atoms with van der Waals surface area (Å²) in [5.41, 5.74) is 4.14. The minimum atomic E-state index is 0.603. The number of hydrogen-bond donors (Lipinski definition) is 0. The van der Waals surface area contributed by atoms with E-state index in [1.165, 1.54) is 16.7 Å². The molecule has 0 aromatic heterocycles. The van der Waals surface area contributed by atoms with Crippen LogP contribution in [0.4, 0.5) is 0 Å². The normalized spacial score (nSPS) is 11.5. The highest BCUT2D eigenvalue weighted by atomic mass is 14.1. The van der Waals surface area contributed by atoms with Crippen molar-refractivity contribution in [1.82, 2.24) is 0 Å². The number of benzene rings is 1. The van der Waals surface area contributed by atoms with Gasteiger partial charge >= 0.3 is 0 Å². The van der Waals surface area contributed by atoms with E-state index >= 15 is 0 Å². The predicted molar refractivity (Wildman–Crippen MR) is 60.0 cm³/mol. The monoisotopic (exact) mass is 174 g/mol. The Morgan fingerprint density at radius 3 is 2.46 bits per heavy atom. The van der Waals surface area contributed by atoms with E-state index in [1.54, 1.807) is 0 Å². The predicted octanol–water partition coefficient (Wildman–Crippen LogP) is 4.15. The molecule has 0 unspecified atom stereocenters. The van der Waals surface area contributed by atoms with Gasteiger partial charge in [-0.1, -0.05) is 49.8 Å². The van der Waals surface area contributed by atoms with Crippen molar-refractivity contribution < 1.29 is 0 Å². The van der Waals surface area contributed by atoms with Gasteiger partial charge in [0.1, 0.15) is 0 Å². The van der Waals surface area contributed by atoms with Crippen molar-refractivity contribution in [2.45, 2.75) is 33.6 Å². The van der Waals surface area contributed by atoms with E-state index in [4.69, 9.17) is 0 Å². The summed E-state index contributed by atoms with van der Waals surface area (Å²) >= 11 is 0. The summed E-state index contributed by atoms with van der Waals surface area (Å²) in [5, 5.41) is 0. The zero-order valence-corrected chi connectivity index (χ0v) is 8.96. The van der Waals surface area contributed by atoms with Gasteiger partial charge in [-0.15, -0.1) is 0 Å². The average Bonchev–Trinajstić information content (AvgIpc) is 2.08. The highest BCUT2D eigenvalue weighted by molar-refractivity contribution is 5.55. The number of hydrogen-bond acceptors (Lipinski definition) is 0. The maximum Gasteiger partial charge on any atom is -0.0213 e. The Morgan fingerprint density at radius 1 is 1.23 bits per heavy atom. The van der Waals surface area contributed by atoms with Crippen LogP contribution in [0, 0.1) is 6.92 Å². The van der Waals surface area contributed by atoms with Gasteiger partial charge in [0, 0.05) is 0 Å². The van der Waals surface area contributed by atoms with E-state index in [2.05, 4.69) is 58.0 Å². The molecule has 0 amide bonds. The summed E-state index contributed by atoms with van der Waals surface area (Å²) in [5.74, 6) is 0.603. The SMILES string of the molecule is C/C=C\c1ccc(C)cc1C(C)C. The molecule has 0 aliphatic carbocycles. The zero-order valence-electron chi connectivity index (χ0n) is 8.96. The van der Waals surface area contributed by atoms with Crippen LogP contribution in [0.15, 0.2) is 24.3 Å². The van der Waals surface area contributed by atoms with E-state index in [9.17, 15) is 0 Å². The molecular weight excluding hydrogens is 156 g/mol. The lowest BCUT2D eigenvalue weighted by Crippen LogP contribution is -1.92. The van der Waals surface area contributed by atoms with E-state index in [0.717, 1.165) is 0 Å². The maximum atomic E-state index is 2.28. The van der Waals surface area contributed by atoms with Crippen molar-refractivity contribution in [2.75, 3.05) is 0 Å². The van der Waals surface area contributed by atoms with Gasteiger partial charge in [-0.05, 0) is 30.9 Å². The van der Waals surface area contributed by atoms with Crippen molar-refractivity contribution in [3.8, 4) is 0 Å². The van der Waals surface area contributed by atoms with Crippen LogP contribution in [0.3, 0.4) is 0 Å². The highest BCUT2D eigenvalue weighted by Gasteiger charge is 2.03. The van der Waals surface area contributed by atoms with Crippen LogP contribution in [0.1, 0.15) is 43.4 Å². The third-order valence-corrected chi connectivity index (χ3v) is 2.21. The van der Waals surface area contributed by atoms with Gasteiger partial charge in [-0.3, -0.25) is 0 Å². The smallest absolute Gasteiger partial charge is 0.0213 e. The molecule has 0 aliphatic rings. The topological polar surface area (TPSA) is 0 Å². The molecule has 0 bridgehead atoms. The summed E-state index contributed by atoms with van der Waals surface area (Å²) in [7, 11) is 0. The van der Waals surface area contributed by atoms with Gasteiger partial charge < -0.3 is 0 Å². The second-order valence-electron chi connectivity index (χ2n) is 3.79. The average molecular weight is 174 g/mol. The fourth-order valence-corrected chi connectivity index (χ4v) is 1.53. The molecule has 0 N–H and O–H groups in total. The van der Waals surface area contributed by atoms with Crippen LogP contribution in [0.2, 0.25) is 0 Å². The Morgan fingerprint density at radius 2 is 1.92 bits per heavy atom. The Balaban J connectivity index is 3.18. The van der Waals surface area contributed by atoms with Crippen LogP contribution in [0.5, 0.6) is 0 Å². The Bertz CT molecular complexity index is 306. The van der Waals surface area contributed by atoms with E-state index in [0.29, 0.717) is 5.92 Å². The summed E-state index contributed by atoms with van der Waals surface area (Å²) in [6.45, 7) is 8.68. The molecule has 0 atom stereocenters. The first-order valence-corrected chi connectivity index (χ1v) is 4.88. The molecule has 0 saturated heterocycles. The van der Waals surface area contributed by atoms with E-state index in [-0.39, 0.29) is 0 Å². The van der Waals surface area contributed by atoms with Gasteiger partial charge in [-0.25, -0.2) is 0 Å². The van der Waals surface area contributed by atoms with Crippen molar-refractivity contribution >= 4 is 6.08 Å². The summed E-state index contributed by atoms with van der Waals surface area (Å²) < 4.78 is 0. The molecule has 0 heteroatoms. The number of allylic oxidation sites excluding steroid dienone is 1. The summed E-state index contributed by atoms with van der Waals surface area (Å²) in [6, 6.07) is 6.64. The van der Waals surface area contributed by atoms with Gasteiger partial charge in [0.05, 0.1) is 0 Å². The molecule has 0 aliphatic heterocycles. The second-order valence-corrected chi connectivity index (χ2v) is 3.79. The Hall–Kier alpha value is -1.04. The van der Waals surface area contributed by atoms with Crippen molar-refractivity contribution in [3.63, 3.8) is 0 Å². The standard InChI is InChI=1S/C13H18/c1-5-6-12-8-7-11(4)9-13(12)10(2)3/h5-10H,1-4H3/b6-5-. The van der Waals surface area contributed by atoms with Crippen LogP contribution < -0.4 is 0 Å². The van der Waals surface area contributed by atoms with Crippen molar-refractivity contribution in [1.29, 1.82) is 0 Å². The van der Waals surface area contributed by atoms with Gasteiger partial charge in [0.25, 0.3) is 0 Å².